The van der Waals surface area contributed by atoms with Crippen molar-refractivity contribution in [1.29, 1.82) is 0 Å². The van der Waals surface area contributed by atoms with E-state index in [1.807, 2.05) is 128 Å². The Morgan fingerprint density at radius 2 is 0.744 bits per heavy atom. The third-order valence-electron chi connectivity index (χ3n) is 17.0. The molecule has 2 fully saturated rings. The highest BCUT2D eigenvalue weighted by Crippen LogP contribution is 2.52. The first-order valence-electron chi connectivity index (χ1n) is 32.2. The summed E-state index contributed by atoms with van der Waals surface area (Å²) in [4.78, 5) is 25.7. The Morgan fingerprint density at radius 1 is 0.415 bits per heavy atom. The number of esters is 2. The van der Waals surface area contributed by atoms with E-state index in [2.05, 4.69) is 50.3 Å². The monoisotopic (exact) mass is 1130 g/mol. The molecule has 0 heterocycles. The molecule has 0 aliphatic heterocycles. The van der Waals surface area contributed by atoms with Crippen molar-refractivity contribution < 1.29 is 39.5 Å². The number of aliphatic hydroxyl groups is 4. The zero-order valence-electron chi connectivity index (χ0n) is 53.9. The summed E-state index contributed by atoms with van der Waals surface area (Å²) in [6.45, 7) is 23.4. The maximum atomic E-state index is 12.9. The fraction of sp³-hybridized carbons (Fsp3) is 0.649. The standard InChI is InChI=1S/C74H118O8/c1-13-15-17-19-21-23-25-27-28-30-32-34-36-38-40-52-68(76)82-66-58-70(9,10)74(80,72(12,78)60-66)56-54-64(6)50-44-48-62(4)46-42-41-45-61(3)47-43-49-63(5)53-55-73(79)69(7,8)57-65(59-71(73,11)77)81-67(75)51-39-37-35-33-31-29-26-24-22-20-18-16-14-2/h15,17,21,23,27-28,41-50,53-56,65-66,77-80H,13-14,16,18-20,22,24-26,29-40,51-52,57-60H2,1-12H3/b17-15-,23-21-,28-27-,42-41+,47-43+,48-44+,55-53+,56-54+,61-45+,62-46+,63-49+,64-50+/t65-,66-,71+,72+,73+,74+/m0/s1. The molecule has 8 nitrogen and oxygen atoms in total. The lowest BCUT2D eigenvalue weighted by molar-refractivity contribution is -0.223. The molecule has 0 aromatic heterocycles. The third-order valence-corrected chi connectivity index (χ3v) is 17.0. The number of hydrogen-bond acceptors (Lipinski definition) is 8. The Bertz CT molecular complexity index is 2190. The van der Waals surface area contributed by atoms with E-state index in [1.165, 1.54) is 64.2 Å². The summed E-state index contributed by atoms with van der Waals surface area (Å²) in [6.07, 6.45) is 67.0. The van der Waals surface area contributed by atoms with Gasteiger partial charge in [0.2, 0.25) is 0 Å². The van der Waals surface area contributed by atoms with Crippen molar-refractivity contribution in [2.24, 2.45) is 10.8 Å². The molecule has 0 aromatic carbocycles. The second-order valence-corrected chi connectivity index (χ2v) is 25.9. The van der Waals surface area contributed by atoms with Crippen molar-refractivity contribution in [3.63, 3.8) is 0 Å². The van der Waals surface area contributed by atoms with Gasteiger partial charge in [-0.1, -0.05) is 270 Å². The normalized spacial score (nSPS) is 26.0. The first-order chi connectivity index (χ1) is 38.8. The number of carbonyl (C=O) groups excluding carboxylic acids is 2. The van der Waals surface area contributed by atoms with E-state index in [9.17, 15) is 30.0 Å². The molecule has 2 rings (SSSR count). The second-order valence-electron chi connectivity index (χ2n) is 25.9. The van der Waals surface area contributed by atoms with Gasteiger partial charge in [0, 0.05) is 36.5 Å². The molecule has 82 heavy (non-hydrogen) atoms. The summed E-state index contributed by atoms with van der Waals surface area (Å²) in [5.41, 5.74) is -3.65. The third kappa shape index (κ3) is 28.0. The van der Waals surface area contributed by atoms with Crippen molar-refractivity contribution in [2.75, 3.05) is 0 Å². The molecule has 2 saturated carbocycles. The first kappa shape index (κ1) is 73.8. The van der Waals surface area contributed by atoms with Gasteiger partial charge in [0.25, 0.3) is 0 Å². The molecule has 4 N–H and O–H groups in total. The molecule has 2 aliphatic carbocycles. The van der Waals surface area contributed by atoms with Crippen LogP contribution in [0.4, 0.5) is 0 Å². The maximum absolute atomic E-state index is 12.9. The van der Waals surface area contributed by atoms with Crippen LogP contribution in [0.5, 0.6) is 0 Å². The summed E-state index contributed by atoms with van der Waals surface area (Å²) in [5.74, 6) is -0.456. The summed E-state index contributed by atoms with van der Waals surface area (Å²) >= 11 is 0. The SMILES string of the molecule is CC/C=C\C/C=C\C/C=C\CCCCCCCC(=O)O[C@H]1CC(C)(C)[C@](O)(/C=C/C(C)=C/C=C/C(C)=C/C=C/C=C(C)/C=C/C=C(C)/C=C/[C@@]2(O)C(C)(C)C[C@H](OC(=O)CCCCCCCCCCCCCCC)C[C@@]2(C)O)[C@](C)(O)C1. The Hall–Kier alpha value is -4.34. The lowest BCUT2D eigenvalue weighted by Crippen LogP contribution is -2.65. The van der Waals surface area contributed by atoms with Crippen LogP contribution in [0, 0.1) is 10.8 Å². The predicted octanol–water partition coefficient (Wildman–Crippen LogP) is 19.1. The molecule has 0 aromatic rings. The number of hydrogen-bond donors (Lipinski definition) is 4. The van der Waals surface area contributed by atoms with Gasteiger partial charge in [-0.25, -0.2) is 0 Å². The maximum Gasteiger partial charge on any atom is 0.306 e. The number of carbonyl (C=O) groups is 2. The van der Waals surface area contributed by atoms with Gasteiger partial charge >= 0.3 is 11.9 Å². The Kier molecular flexibility index (Phi) is 35.4. The molecule has 0 amide bonds. The Labute approximate surface area is 501 Å². The van der Waals surface area contributed by atoms with Crippen LogP contribution in [0.15, 0.2) is 144 Å². The molecule has 0 unspecified atom stereocenters. The van der Waals surface area contributed by atoms with Gasteiger partial charge in [-0.05, 0) is 111 Å². The zero-order chi connectivity index (χ0) is 61.0. The van der Waals surface area contributed by atoms with Crippen LogP contribution < -0.4 is 0 Å². The molecule has 462 valence electrons. The van der Waals surface area contributed by atoms with E-state index in [0.717, 1.165) is 99.3 Å². The van der Waals surface area contributed by atoms with Crippen LogP contribution in [0.3, 0.4) is 0 Å². The van der Waals surface area contributed by atoms with Crippen LogP contribution >= 0.6 is 0 Å². The lowest BCUT2D eigenvalue weighted by Gasteiger charge is -2.55. The van der Waals surface area contributed by atoms with E-state index in [1.54, 1.807) is 26.0 Å². The van der Waals surface area contributed by atoms with Crippen LogP contribution in [0.25, 0.3) is 0 Å². The van der Waals surface area contributed by atoms with Crippen LogP contribution in [-0.2, 0) is 19.1 Å². The number of allylic oxidation sites excluding steroid dienone is 22. The number of ether oxygens (including phenoxy) is 2. The first-order valence-corrected chi connectivity index (χ1v) is 32.2. The van der Waals surface area contributed by atoms with E-state index < -0.39 is 45.4 Å². The molecular formula is C74H118O8. The zero-order valence-corrected chi connectivity index (χ0v) is 53.9. The van der Waals surface area contributed by atoms with Crippen LogP contribution in [0.2, 0.25) is 0 Å². The quantitative estimate of drug-likeness (QED) is 0.0207. The highest BCUT2D eigenvalue weighted by molar-refractivity contribution is 5.70. The van der Waals surface area contributed by atoms with E-state index >= 15 is 0 Å². The van der Waals surface area contributed by atoms with Gasteiger partial charge < -0.3 is 29.9 Å². The van der Waals surface area contributed by atoms with E-state index in [4.69, 9.17) is 9.47 Å². The molecule has 6 atom stereocenters. The average molecular weight is 1140 g/mol. The minimum Gasteiger partial charge on any atom is -0.462 e. The molecular weight excluding hydrogens is 1020 g/mol. The van der Waals surface area contributed by atoms with Gasteiger partial charge in [-0.15, -0.1) is 0 Å². The molecule has 0 saturated heterocycles. The lowest BCUT2D eigenvalue weighted by atomic mass is 9.57. The average Bonchev–Trinajstić information content (AvgIpc) is 2.38. The highest BCUT2D eigenvalue weighted by atomic mass is 16.5. The molecule has 0 radical (unpaired) electrons. The summed E-state index contributed by atoms with van der Waals surface area (Å²) in [7, 11) is 0. The molecule has 0 bridgehead atoms. The van der Waals surface area contributed by atoms with Gasteiger partial charge in [-0.2, -0.15) is 0 Å². The Balaban J connectivity index is 1.80. The summed E-state index contributed by atoms with van der Waals surface area (Å²) in [6, 6.07) is 0. The van der Waals surface area contributed by atoms with Crippen molar-refractivity contribution in [3.05, 3.63) is 144 Å². The summed E-state index contributed by atoms with van der Waals surface area (Å²) < 4.78 is 11.8. The Morgan fingerprint density at radius 3 is 1.12 bits per heavy atom. The van der Waals surface area contributed by atoms with Gasteiger partial charge in [0.15, 0.2) is 0 Å². The minimum atomic E-state index is -1.54. The van der Waals surface area contributed by atoms with Crippen molar-refractivity contribution >= 4 is 11.9 Å². The number of rotatable bonds is 39. The summed E-state index contributed by atoms with van der Waals surface area (Å²) in [5, 5.41) is 47.4. The van der Waals surface area contributed by atoms with Crippen molar-refractivity contribution in [2.45, 2.75) is 297 Å². The van der Waals surface area contributed by atoms with Gasteiger partial charge in [0.1, 0.15) is 23.4 Å². The fourth-order valence-corrected chi connectivity index (χ4v) is 11.7. The molecule has 2 aliphatic rings. The van der Waals surface area contributed by atoms with Crippen molar-refractivity contribution in [1.82, 2.24) is 0 Å². The smallest absolute Gasteiger partial charge is 0.306 e. The van der Waals surface area contributed by atoms with E-state index in [-0.39, 0.29) is 24.8 Å². The number of unbranched alkanes of at least 4 members (excludes halogenated alkanes) is 17. The van der Waals surface area contributed by atoms with Gasteiger partial charge in [0.05, 0.1) is 11.2 Å². The van der Waals surface area contributed by atoms with Crippen LogP contribution in [-0.4, -0.2) is 67.0 Å². The predicted molar refractivity (Wildman–Crippen MR) is 347 cm³/mol. The highest BCUT2D eigenvalue weighted by Gasteiger charge is 2.60. The van der Waals surface area contributed by atoms with Crippen LogP contribution in [0.1, 0.15) is 263 Å². The molecule has 8 heteroatoms. The topological polar surface area (TPSA) is 134 Å². The largest absolute Gasteiger partial charge is 0.462 e. The molecule has 0 spiro atoms. The van der Waals surface area contributed by atoms with Crippen molar-refractivity contribution in [3.8, 4) is 0 Å². The van der Waals surface area contributed by atoms with Gasteiger partial charge in [-0.3, -0.25) is 9.59 Å². The van der Waals surface area contributed by atoms with E-state index in [0.29, 0.717) is 25.7 Å². The fourth-order valence-electron chi connectivity index (χ4n) is 11.7. The second kappa shape index (κ2) is 39.3. The minimum absolute atomic E-state index is 0.155.